The number of amides is 2. The Labute approximate surface area is 143 Å². The summed E-state index contributed by atoms with van der Waals surface area (Å²) in [7, 11) is 3.30. The molecule has 0 unspecified atom stereocenters. The third-order valence-electron chi connectivity index (χ3n) is 4.88. The Kier molecular flexibility index (Phi) is 5.45. The lowest BCUT2D eigenvalue weighted by molar-refractivity contribution is 0.178. The molecule has 6 nitrogen and oxygen atoms in total. The quantitative estimate of drug-likeness (QED) is 0.899. The third kappa shape index (κ3) is 3.59. The minimum Gasteiger partial charge on any atom is -0.497 e. The second-order valence-electron chi connectivity index (χ2n) is 6.37. The van der Waals surface area contributed by atoms with Crippen molar-refractivity contribution in [2.24, 2.45) is 5.92 Å². The first kappa shape index (κ1) is 16.9. The number of carbonyl (C=O) groups excluding carboxylic acids is 1. The zero-order valence-electron chi connectivity index (χ0n) is 14.4. The summed E-state index contributed by atoms with van der Waals surface area (Å²) in [5, 5.41) is 3.07. The average Bonchev–Trinajstić information content (AvgIpc) is 3.30. The van der Waals surface area contributed by atoms with Crippen molar-refractivity contribution in [2.75, 3.05) is 40.5 Å². The first-order valence-corrected chi connectivity index (χ1v) is 8.57. The molecular weight excluding hydrogens is 308 g/mol. The number of rotatable bonds is 5. The summed E-state index contributed by atoms with van der Waals surface area (Å²) >= 11 is 0. The Morgan fingerprint density at radius 1 is 1.33 bits per heavy atom. The van der Waals surface area contributed by atoms with Crippen LogP contribution in [0.1, 0.15) is 30.9 Å². The Balaban J connectivity index is 1.71. The minimum absolute atomic E-state index is 0.00530. The molecule has 1 aromatic carbocycles. The standard InChI is InChI=1S/C18H26N2O4/c1-22-14-5-6-17(23-2)15(10-14)16-4-3-8-20(16)18(21)19-11-13-7-9-24-12-13/h5-6,10,13,16H,3-4,7-9,11-12H2,1-2H3,(H,19,21)/t13-,16-/m0/s1. The second kappa shape index (κ2) is 7.75. The van der Waals surface area contributed by atoms with Crippen LogP contribution in [0.5, 0.6) is 11.5 Å². The highest BCUT2D eigenvalue weighted by molar-refractivity contribution is 5.75. The normalized spacial score (nSPS) is 23.3. The molecule has 0 saturated carbocycles. The van der Waals surface area contributed by atoms with Crippen molar-refractivity contribution in [3.05, 3.63) is 23.8 Å². The molecule has 2 aliphatic rings. The number of ether oxygens (including phenoxy) is 3. The Morgan fingerprint density at radius 3 is 2.92 bits per heavy atom. The van der Waals surface area contributed by atoms with Crippen LogP contribution in [-0.4, -0.2) is 51.5 Å². The number of nitrogens with zero attached hydrogens (tertiary/aromatic N) is 1. The van der Waals surface area contributed by atoms with Crippen LogP contribution in [0.3, 0.4) is 0 Å². The molecule has 2 saturated heterocycles. The van der Waals surface area contributed by atoms with E-state index in [0.29, 0.717) is 12.5 Å². The van der Waals surface area contributed by atoms with Crippen LogP contribution in [-0.2, 0) is 4.74 Å². The van der Waals surface area contributed by atoms with Gasteiger partial charge in [-0.25, -0.2) is 4.79 Å². The summed E-state index contributed by atoms with van der Waals surface area (Å²) in [5.41, 5.74) is 1.01. The molecule has 2 heterocycles. The highest BCUT2D eigenvalue weighted by Gasteiger charge is 2.32. The van der Waals surface area contributed by atoms with Gasteiger partial charge in [0.05, 0.1) is 26.9 Å². The third-order valence-corrected chi connectivity index (χ3v) is 4.88. The first-order chi connectivity index (χ1) is 11.7. The Bertz CT molecular complexity index is 572. The van der Waals surface area contributed by atoms with E-state index in [9.17, 15) is 4.79 Å². The van der Waals surface area contributed by atoms with Crippen molar-refractivity contribution in [3.8, 4) is 11.5 Å². The molecule has 0 aliphatic carbocycles. The fourth-order valence-corrected chi connectivity index (χ4v) is 3.51. The van der Waals surface area contributed by atoms with E-state index < -0.39 is 0 Å². The van der Waals surface area contributed by atoms with Crippen LogP contribution in [0.15, 0.2) is 18.2 Å². The highest BCUT2D eigenvalue weighted by atomic mass is 16.5. The number of likely N-dealkylation sites (tertiary alicyclic amines) is 1. The summed E-state index contributed by atoms with van der Waals surface area (Å²) in [6.07, 6.45) is 2.95. The monoisotopic (exact) mass is 334 g/mol. The van der Waals surface area contributed by atoms with E-state index >= 15 is 0 Å². The number of hydrogen-bond acceptors (Lipinski definition) is 4. The number of nitrogens with one attached hydrogen (secondary N) is 1. The molecule has 3 rings (SSSR count). The summed E-state index contributed by atoms with van der Waals surface area (Å²) in [6.45, 7) is 2.98. The van der Waals surface area contributed by atoms with Gasteiger partial charge in [-0.15, -0.1) is 0 Å². The van der Waals surface area contributed by atoms with Crippen molar-refractivity contribution in [1.82, 2.24) is 10.2 Å². The summed E-state index contributed by atoms with van der Waals surface area (Å²) in [6, 6.07) is 5.77. The maximum atomic E-state index is 12.6. The van der Waals surface area contributed by atoms with E-state index in [2.05, 4.69) is 5.32 Å². The van der Waals surface area contributed by atoms with Crippen molar-refractivity contribution in [3.63, 3.8) is 0 Å². The fraction of sp³-hybridized carbons (Fsp3) is 0.611. The second-order valence-corrected chi connectivity index (χ2v) is 6.37. The molecule has 2 amide bonds. The van der Waals surface area contributed by atoms with Gasteiger partial charge in [-0.1, -0.05) is 0 Å². The van der Waals surface area contributed by atoms with Gasteiger partial charge in [0.25, 0.3) is 0 Å². The largest absolute Gasteiger partial charge is 0.497 e. The van der Waals surface area contributed by atoms with Crippen LogP contribution in [0.25, 0.3) is 0 Å². The fourth-order valence-electron chi connectivity index (χ4n) is 3.51. The van der Waals surface area contributed by atoms with Gasteiger partial charge in [-0.05, 0) is 37.5 Å². The predicted octanol–water partition coefficient (Wildman–Crippen LogP) is 2.59. The van der Waals surface area contributed by atoms with E-state index in [1.807, 2.05) is 23.1 Å². The van der Waals surface area contributed by atoms with Crippen molar-refractivity contribution in [1.29, 1.82) is 0 Å². The molecular formula is C18H26N2O4. The van der Waals surface area contributed by atoms with Crippen LogP contribution in [0.4, 0.5) is 4.79 Å². The maximum Gasteiger partial charge on any atom is 0.317 e. The molecule has 2 atom stereocenters. The smallest absolute Gasteiger partial charge is 0.317 e. The van der Waals surface area contributed by atoms with Gasteiger partial charge >= 0.3 is 6.03 Å². The van der Waals surface area contributed by atoms with Gasteiger partial charge in [0.2, 0.25) is 0 Å². The van der Waals surface area contributed by atoms with Gasteiger partial charge in [0.15, 0.2) is 0 Å². The molecule has 0 aromatic heterocycles. The summed E-state index contributed by atoms with van der Waals surface area (Å²) in [5.74, 6) is 2.01. The van der Waals surface area contributed by atoms with Crippen LogP contribution < -0.4 is 14.8 Å². The molecule has 0 spiro atoms. The number of carbonyl (C=O) groups is 1. The molecule has 0 radical (unpaired) electrons. The van der Waals surface area contributed by atoms with Crippen molar-refractivity contribution < 1.29 is 19.0 Å². The van der Waals surface area contributed by atoms with Gasteiger partial charge in [0, 0.05) is 31.2 Å². The van der Waals surface area contributed by atoms with E-state index in [-0.39, 0.29) is 12.1 Å². The average molecular weight is 334 g/mol. The van der Waals surface area contributed by atoms with Crippen LogP contribution in [0.2, 0.25) is 0 Å². The van der Waals surface area contributed by atoms with Gasteiger partial charge in [-0.3, -0.25) is 0 Å². The number of urea groups is 1. The first-order valence-electron chi connectivity index (χ1n) is 8.57. The van der Waals surface area contributed by atoms with E-state index in [0.717, 1.165) is 56.1 Å². The zero-order valence-corrected chi connectivity index (χ0v) is 14.4. The molecule has 2 aliphatic heterocycles. The maximum absolute atomic E-state index is 12.6. The van der Waals surface area contributed by atoms with Gasteiger partial charge < -0.3 is 24.4 Å². The van der Waals surface area contributed by atoms with Crippen LogP contribution >= 0.6 is 0 Å². The minimum atomic E-state index is -0.00530. The number of benzene rings is 1. The van der Waals surface area contributed by atoms with E-state index in [1.54, 1.807) is 14.2 Å². The Hall–Kier alpha value is -1.95. The van der Waals surface area contributed by atoms with Gasteiger partial charge in [-0.2, -0.15) is 0 Å². The SMILES string of the molecule is COc1ccc(OC)c([C@@H]2CCCN2C(=O)NC[C@@H]2CCOC2)c1. The molecule has 2 fully saturated rings. The molecule has 1 N–H and O–H groups in total. The lowest BCUT2D eigenvalue weighted by Crippen LogP contribution is -2.41. The zero-order chi connectivity index (χ0) is 16.9. The summed E-state index contributed by atoms with van der Waals surface area (Å²) < 4.78 is 16.2. The molecule has 132 valence electrons. The Morgan fingerprint density at radius 2 is 2.21 bits per heavy atom. The van der Waals surface area contributed by atoms with Crippen LogP contribution in [0, 0.1) is 5.92 Å². The predicted molar refractivity (Wildman–Crippen MR) is 90.6 cm³/mol. The molecule has 1 aromatic rings. The van der Waals surface area contributed by atoms with Gasteiger partial charge in [0.1, 0.15) is 11.5 Å². The molecule has 6 heteroatoms. The van der Waals surface area contributed by atoms with Crippen molar-refractivity contribution >= 4 is 6.03 Å². The summed E-state index contributed by atoms with van der Waals surface area (Å²) in [4.78, 5) is 14.6. The highest BCUT2D eigenvalue weighted by Crippen LogP contribution is 2.38. The van der Waals surface area contributed by atoms with Crippen molar-refractivity contribution in [2.45, 2.75) is 25.3 Å². The molecule has 24 heavy (non-hydrogen) atoms. The van der Waals surface area contributed by atoms with E-state index in [4.69, 9.17) is 14.2 Å². The van der Waals surface area contributed by atoms with E-state index in [1.165, 1.54) is 0 Å². The number of methoxy groups -OCH3 is 2. The topological polar surface area (TPSA) is 60.0 Å². The molecule has 0 bridgehead atoms. The lowest BCUT2D eigenvalue weighted by atomic mass is 10.0. The lowest BCUT2D eigenvalue weighted by Gasteiger charge is -2.27. The number of hydrogen-bond donors (Lipinski definition) is 1.